The van der Waals surface area contributed by atoms with E-state index in [1.54, 1.807) is 7.11 Å². The molecule has 1 amide bonds. The van der Waals surface area contributed by atoms with Gasteiger partial charge in [-0.3, -0.25) is 4.79 Å². The van der Waals surface area contributed by atoms with Crippen LogP contribution in [-0.4, -0.2) is 23.9 Å². The molecule has 3 nitrogen and oxygen atoms in total. The summed E-state index contributed by atoms with van der Waals surface area (Å²) in [6, 6.07) is 7.85. The van der Waals surface area contributed by atoms with E-state index in [2.05, 4.69) is 21.2 Å². The van der Waals surface area contributed by atoms with Crippen molar-refractivity contribution in [3.05, 3.63) is 29.8 Å². The lowest BCUT2D eigenvalue weighted by Gasteiger charge is -2.15. The van der Waals surface area contributed by atoms with Crippen LogP contribution in [0.2, 0.25) is 0 Å². The topological polar surface area (TPSA) is 38.3 Å². The second-order valence-corrected chi connectivity index (χ2v) is 6.31. The summed E-state index contributed by atoms with van der Waals surface area (Å²) < 4.78 is 4.57. The summed E-state index contributed by atoms with van der Waals surface area (Å²) in [7, 11) is 1.65. The van der Waals surface area contributed by atoms with Crippen LogP contribution in [0.1, 0.15) is 19.4 Å². The first-order valence-corrected chi connectivity index (χ1v) is 6.33. The minimum Gasteiger partial charge on any atom is -0.497 e. The van der Waals surface area contributed by atoms with Gasteiger partial charge in [-0.05, 0) is 38.0 Å². The number of amides is 1. The van der Waals surface area contributed by atoms with E-state index in [4.69, 9.17) is 4.74 Å². The van der Waals surface area contributed by atoms with Gasteiger partial charge in [0, 0.05) is 6.54 Å². The minimum atomic E-state index is -0.507. The highest BCUT2D eigenvalue weighted by Gasteiger charge is 2.22. The molecule has 0 aliphatic rings. The van der Waals surface area contributed by atoms with Crippen molar-refractivity contribution in [3.63, 3.8) is 0 Å². The predicted octanol–water partition coefficient (Wildman–Crippen LogP) is 2.53. The third kappa shape index (κ3) is 4.77. The third-order valence-electron chi connectivity index (χ3n) is 2.40. The van der Waals surface area contributed by atoms with Gasteiger partial charge in [0.05, 0.1) is 11.4 Å². The van der Waals surface area contributed by atoms with Crippen LogP contribution in [0.15, 0.2) is 24.3 Å². The molecular formula is C13H18BrNO2. The molecule has 0 bridgehead atoms. The number of hydrogen-bond donors (Lipinski definition) is 1. The highest BCUT2D eigenvalue weighted by atomic mass is 79.9. The van der Waals surface area contributed by atoms with Gasteiger partial charge in [-0.15, -0.1) is 0 Å². The summed E-state index contributed by atoms with van der Waals surface area (Å²) in [6.07, 6.45) is 0.818. The molecule has 0 spiro atoms. The quantitative estimate of drug-likeness (QED) is 0.849. The van der Waals surface area contributed by atoms with E-state index in [1.807, 2.05) is 38.1 Å². The maximum Gasteiger partial charge on any atom is 0.236 e. The van der Waals surface area contributed by atoms with E-state index in [0.29, 0.717) is 6.54 Å². The number of rotatable bonds is 5. The molecule has 0 radical (unpaired) electrons. The molecule has 0 heterocycles. The maximum atomic E-state index is 11.6. The Bertz CT molecular complexity index is 368. The van der Waals surface area contributed by atoms with Crippen molar-refractivity contribution < 1.29 is 9.53 Å². The van der Waals surface area contributed by atoms with Crippen LogP contribution in [-0.2, 0) is 11.2 Å². The number of carbonyl (C=O) groups excluding carboxylic acids is 1. The average molecular weight is 300 g/mol. The Hall–Kier alpha value is -1.03. The normalized spacial score (nSPS) is 11.1. The summed E-state index contributed by atoms with van der Waals surface area (Å²) in [5, 5.41) is 2.88. The summed E-state index contributed by atoms with van der Waals surface area (Å²) in [5.74, 6) is 0.852. The van der Waals surface area contributed by atoms with Gasteiger partial charge in [0.1, 0.15) is 5.75 Å². The van der Waals surface area contributed by atoms with E-state index in [0.717, 1.165) is 12.2 Å². The fraction of sp³-hybridized carbons (Fsp3) is 0.462. The van der Waals surface area contributed by atoms with Crippen molar-refractivity contribution in [1.82, 2.24) is 5.32 Å². The Kier molecular flexibility index (Phi) is 5.00. The zero-order valence-corrected chi connectivity index (χ0v) is 12.0. The lowest BCUT2D eigenvalue weighted by atomic mass is 10.1. The van der Waals surface area contributed by atoms with Crippen LogP contribution in [0.25, 0.3) is 0 Å². The average Bonchev–Trinajstić information content (AvgIpc) is 2.28. The van der Waals surface area contributed by atoms with Crippen molar-refractivity contribution in [2.75, 3.05) is 13.7 Å². The van der Waals surface area contributed by atoms with Crippen molar-refractivity contribution in [2.45, 2.75) is 24.6 Å². The molecular weight excluding hydrogens is 282 g/mol. The molecule has 4 heteroatoms. The number of nitrogens with one attached hydrogen (secondary N) is 1. The van der Waals surface area contributed by atoms with Crippen LogP contribution >= 0.6 is 15.9 Å². The van der Waals surface area contributed by atoms with Gasteiger partial charge in [0.2, 0.25) is 5.91 Å². The van der Waals surface area contributed by atoms with E-state index in [1.165, 1.54) is 5.56 Å². The zero-order chi connectivity index (χ0) is 12.9. The van der Waals surface area contributed by atoms with Gasteiger partial charge in [0.25, 0.3) is 0 Å². The summed E-state index contributed by atoms with van der Waals surface area (Å²) in [5.41, 5.74) is 1.18. The second kappa shape index (κ2) is 6.05. The molecule has 0 aliphatic carbocycles. The highest BCUT2D eigenvalue weighted by molar-refractivity contribution is 9.10. The van der Waals surface area contributed by atoms with Gasteiger partial charge in [-0.25, -0.2) is 0 Å². The molecule has 94 valence electrons. The minimum absolute atomic E-state index is 0.00557. The number of alkyl halides is 1. The van der Waals surface area contributed by atoms with Crippen LogP contribution < -0.4 is 10.1 Å². The van der Waals surface area contributed by atoms with E-state index < -0.39 is 4.32 Å². The predicted molar refractivity (Wildman–Crippen MR) is 72.7 cm³/mol. The molecule has 0 fully saturated rings. The van der Waals surface area contributed by atoms with Crippen LogP contribution in [0, 0.1) is 0 Å². The fourth-order valence-corrected chi connectivity index (χ4v) is 1.46. The third-order valence-corrected chi connectivity index (χ3v) is 2.76. The van der Waals surface area contributed by atoms with Crippen molar-refractivity contribution in [3.8, 4) is 5.75 Å². The number of benzene rings is 1. The summed E-state index contributed by atoms with van der Waals surface area (Å²) >= 11 is 3.32. The molecule has 17 heavy (non-hydrogen) atoms. The molecule has 0 aromatic heterocycles. The molecule has 1 rings (SSSR count). The molecule has 1 aromatic rings. The standard InChI is InChI=1S/C13H18BrNO2/c1-13(2,14)12(16)15-9-8-10-4-6-11(17-3)7-5-10/h4-7H,8-9H2,1-3H3,(H,15,16). The summed E-state index contributed by atoms with van der Waals surface area (Å²) in [4.78, 5) is 11.6. The Balaban J connectivity index is 2.38. The monoisotopic (exact) mass is 299 g/mol. The first kappa shape index (κ1) is 14.0. The number of methoxy groups -OCH3 is 1. The van der Waals surface area contributed by atoms with Gasteiger partial charge in [0.15, 0.2) is 0 Å². The molecule has 0 saturated carbocycles. The molecule has 0 saturated heterocycles. The number of ether oxygens (including phenoxy) is 1. The number of halogens is 1. The first-order valence-electron chi connectivity index (χ1n) is 5.53. The first-order chi connectivity index (χ1) is 7.93. The van der Waals surface area contributed by atoms with Crippen molar-refractivity contribution in [2.24, 2.45) is 0 Å². The fourth-order valence-electron chi connectivity index (χ4n) is 1.32. The van der Waals surface area contributed by atoms with E-state index in [9.17, 15) is 4.79 Å². The Morgan fingerprint density at radius 1 is 1.35 bits per heavy atom. The van der Waals surface area contributed by atoms with Gasteiger partial charge in [-0.2, -0.15) is 0 Å². The van der Waals surface area contributed by atoms with Crippen molar-refractivity contribution >= 4 is 21.8 Å². The Labute approximate surface area is 111 Å². The molecule has 1 N–H and O–H groups in total. The lowest BCUT2D eigenvalue weighted by Crippen LogP contribution is -2.38. The van der Waals surface area contributed by atoms with E-state index in [-0.39, 0.29) is 5.91 Å². The van der Waals surface area contributed by atoms with Crippen LogP contribution in [0.5, 0.6) is 5.75 Å². The molecule has 1 aromatic carbocycles. The second-order valence-electron chi connectivity index (χ2n) is 4.33. The molecule has 0 atom stereocenters. The largest absolute Gasteiger partial charge is 0.497 e. The zero-order valence-electron chi connectivity index (χ0n) is 10.4. The number of hydrogen-bond acceptors (Lipinski definition) is 2. The lowest BCUT2D eigenvalue weighted by molar-refractivity contribution is -0.122. The molecule has 0 aliphatic heterocycles. The van der Waals surface area contributed by atoms with Gasteiger partial charge < -0.3 is 10.1 Å². The number of carbonyl (C=O) groups is 1. The SMILES string of the molecule is COc1ccc(CCNC(=O)C(C)(C)Br)cc1. The van der Waals surface area contributed by atoms with Crippen molar-refractivity contribution in [1.29, 1.82) is 0 Å². The van der Waals surface area contributed by atoms with Crippen LogP contribution in [0.4, 0.5) is 0 Å². The van der Waals surface area contributed by atoms with E-state index >= 15 is 0 Å². The Morgan fingerprint density at radius 3 is 2.41 bits per heavy atom. The summed E-state index contributed by atoms with van der Waals surface area (Å²) in [6.45, 7) is 4.30. The highest BCUT2D eigenvalue weighted by Crippen LogP contribution is 2.15. The maximum absolute atomic E-state index is 11.6. The smallest absolute Gasteiger partial charge is 0.236 e. The van der Waals surface area contributed by atoms with Crippen LogP contribution in [0.3, 0.4) is 0 Å². The molecule has 0 unspecified atom stereocenters. The van der Waals surface area contributed by atoms with Gasteiger partial charge >= 0.3 is 0 Å². The van der Waals surface area contributed by atoms with Gasteiger partial charge in [-0.1, -0.05) is 28.1 Å². The Morgan fingerprint density at radius 2 is 1.94 bits per heavy atom.